The normalized spacial score (nSPS) is 44.1. The van der Waals surface area contributed by atoms with Crippen molar-refractivity contribution in [3.05, 3.63) is 11.6 Å². The van der Waals surface area contributed by atoms with Crippen LogP contribution in [0, 0.1) is 35.0 Å². The number of terminal acetylenes is 1. The first-order chi connectivity index (χ1) is 9.43. The molecule has 4 atom stereocenters. The van der Waals surface area contributed by atoms with E-state index in [0.29, 0.717) is 24.5 Å². The zero-order valence-electron chi connectivity index (χ0n) is 12.4. The lowest BCUT2D eigenvalue weighted by molar-refractivity contribution is -0.131. The average molecular weight is 270 g/mol. The third-order valence-corrected chi connectivity index (χ3v) is 6.21. The van der Waals surface area contributed by atoms with Gasteiger partial charge in [0.05, 0.1) is 5.41 Å². The number of allylic oxidation sites excluding steroid dienone is 2. The second-order valence-electron chi connectivity index (χ2n) is 7.07. The maximum absolute atomic E-state index is 12.0. The highest BCUT2D eigenvalue weighted by atomic mass is 16.1. The lowest BCUT2D eigenvalue weighted by atomic mass is 9.47. The van der Waals surface area contributed by atoms with Crippen LogP contribution in [0.3, 0.4) is 0 Å². The molecule has 0 saturated heterocycles. The van der Waals surface area contributed by atoms with Crippen molar-refractivity contribution in [3.63, 3.8) is 0 Å². The number of hydrogen-bond acceptors (Lipinski definition) is 2. The first-order valence-corrected chi connectivity index (χ1v) is 7.69. The van der Waals surface area contributed by atoms with Crippen molar-refractivity contribution in [2.24, 2.45) is 22.7 Å². The van der Waals surface area contributed by atoms with Crippen molar-refractivity contribution in [1.82, 2.24) is 0 Å². The summed E-state index contributed by atoms with van der Waals surface area (Å²) in [5.74, 6) is 4.05. The molecule has 0 N–H and O–H groups in total. The van der Waals surface area contributed by atoms with Gasteiger partial charge in [-0.3, -0.25) is 9.59 Å². The van der Waals surface area contributed by atoms with E-state index in [2.05, 4.69) is 19.8 Å². The van der Waals surface area contributed by atoms with E-state index in [-0.39, 0.29) is 22.5 Å². The summed E-state index contributed by atoms with van der Waals surface area (Å²) in [5.41, 5.74) is 0.882. The third-order valence-electron chi connectivity index (χ3n) is 6.21. The quantitative estimate of drug-likeness (QED) is 0.633. The Labute approximate surface area is 121 Å². The molecule has 2 saturated carbocycles. The van der Waals surface area contributed by atoms with Crippen molar-refractivity contribution in [2.75, 3.05) is 0 Å². The summed E-state index contributed by atoms with van der Waals surface area (Å²) in [4.78, 5) is 24.0. The first kappa shape index (κ1) is 13.6. The van der Waals surface area contributed by atoms with E-state index in [1.165, 1.54) is 5.57 Å². The molecule has 0 bridgehead atoms. The Hall–Kier alpha value is -1.36. The lowest BCUT2D eigenvalue weighted by Gasteiger charge is -2.56. The summed E-state index contributed by atoms with van der Waals surface area (Å²) < 4.78 is 0. The molecule has 0 radical (unpaired) electrons. The minimum absolute atomic E-state index is 0.0615. The Morgan fingerprint density at radius 2 is 2.00 bits per heavy atom. The molecule has 0 spiro atoms. The molecular weight excluding hydrogens is 248 g/mol. The third kappa shape index (κ3) is 1.65. The monoisotopic (exact) mass is 270 g/mol. The predicted octanol–water partition coefficient (Wildman–Crippen LogP) is 3.31. The summed E-state index contributed by atoms with van der Waals surface area (Å²) in [6.45, 7) is 4.29. The molecule has 2 heteroatoms. The number of Topliss-reactive ketones (excluding diaryl/α,β-unsaturated/α-hetero) is 1. The standard InChI is InChI=1S/C18H22O2/c1-4-18-9-5-13(19)11-16(18)17(3)8-7-15(20)12(2)14(17)6-10-18/h1,11-12,14H,5-10H2,2-3H3. The van der Waals surface area contributed by atoms with E-state index in [9.17, 15) is 9.59 Å². The molecule has 0 aromatic carbocycles. The van der Waals surface area contributed by atoms with Crippen molar-refractivity contribution in [1.29, 1.82) is 0 Å². The number of fused-ring (bicyclic) bond motifs is 3. The summed E-state index contributed by atoms with van der Waals surface area (Å²) >= 11 is 0. The van der Waals surface area contributed by atoms with Gasteiger partial charge in [0.2, 0.25) is 0 Å². The smallest absolute Gasteiger partial charge is 0.155 e. The van der Waals surface area contributed by atoms with Gasteiger partial charge in [0.1, 0.15) is 5.78 Å². The molecule has 3 aliphatic rings. The second-order valence-corrected chi connectivity index (χ2v) is 7.07. The number of carbonyl (C=O) groups excluding carboxylic acids is 2. The molecule has 3 aliphatic carbocycles. The Kier molecular flexibility index (Phi) is 2.94. The van der Waals surface area contributed by atoms with Crippen LogP contribution in [-0.4, -0.2) is 11.6 Å². The molecule has 4 unspecified atom stereocenters. The Bertz CT molecular complexity index is 550. The van der Waals surface area contributed by atoms with Crippen LogP contribution in [0.15, 0.2) is 11.6 Å². The van der Waals surface area contributed by atoms with Gasteiger partial charge in [-0.1, -0.05) is 19.8 Å². The number of carbonyl (C=O) groups is 2. The molecular formula is C18H22O2. The summed E-state index contributed by atoms with van der Waals surface area (Å²) in [5, 5.41) is 0. The van der Waals surface area contributed by atoms with Gasteiger partial charge in [0.15, 0.2) is 5.78 Å². The SMILES string of the molecule is C#CC12CCC(=O)C=C1C1(C)CCC(=O)C(C)C1CC2. The van der Waals surface area contributed by atoms with Crippen LogP contribution in [0.2, 0.25) is 0 Å². The molecule has 0 heterocycles. The molecule has 2 fully saturated rings. The van der Waals surface area contributed by atoms with Gasteiger partial charge < -0.3 is 0 Å². The Balaban J connectivity index is 2.11. The van der Waals surface area contributed by atoms with E-state index >= 15 is 0 Å². The minimum Gasteiger partial charge on any atom is -0.299 e. The zero-order chi connectivity index (χ0) is 14.5. The summed E-state index contributed by atoms with van der Waals surface area (Å²) in [6.07, 6.45) is 12.5. The first-order valence-electron chi connectivity index (χ1n) is 7.69. The fourth-order valence-electron chi connectivity index (χ4n) is 4.91. The summed E-state index contributed by atoms with van der Waals surface area (Å²) in [7, 11) is 0. The van der Waals surface area contributed by atoms with E-state index in [1.807, 2.05) is 6.08 Å². The van der Waals surface area contributed by atoms with Crippen LogP contribution in [0.1, 0.15) is 52.4 Å². The average Bonchev–Trinajstić information content (AvgIpc) is 2.44. The molecule has 2 nitrogen and oxygen atoms in total. The minimum atomic E-state index is -0.223. The van der Waals surface area contributed by atoms with Gasteiger partial charge in [-0.25, -0.2) is 0 Å². The summed E-state index contributed by atoms with van der Waals surface area (Å²) in [6, 6.07) is 0. The van der Waals surface area contributed by atoms with E-state index in [0.717, 1.165) is 25.7 Å². The largest absolute Gasteiger partial charge is 0.299 e. The van der Waals surface area contributed by atoms with Crippen LogP contribution in [0.5, 0.6) is 0 Å². The van der Waals surface area contributed by atoms with Crippen LogP contribution in [0.25, 0.3) is 0 Å². The topological polar surface area (TPSA) is 34.1 Å². The molecule has 3 rings (SSSR count). The molecule has 20 heavy (non-hydrogen) atoms. The Morgan fingerprint density at radius 1 is 1.25 bits per heavy atom. The highest BCUT2D eigenvalue weighted by molar-refractivity contribution is 5.92. The van der Waals surface area contributed by atoms with Crippen LogP contribution < -0.4 is 0 Å². The highest BCUT2D eigenvalue weighted by Gasteiger charge is 2.56. The number of rotatable bonds is 0. The number of ketones is 2. The molecule has 0 aromatic heterocycles. The van der Waals surface area contributed by atoms with Gasteiger partial charge in [0.25, 0.3) is 0 Å². The highest BCUT2D eigenvalue weighted by Crippen LogP contribution is 2.62. The second kappa shape index (κ2) is 4.32. The zero-order valence-corrected chi connectivity index (χ0v) is 12.4. The lowest BCUT2D eigenvalue weighted by Crippen LogP contribution is -2.50. The van der Waals surface area contributed by atoms with Gasteiger partial charge in [-0.2, -0.15) is 0 Å². The van der Waals surface area contributed by atoms with Crippen LogP contribution >= 0.6 is 0 Å². The van der Waals surface area contributed by atoms with Gasteiger partial charge in [0, 0.05) is 18.8 Å². The van der Waals surface area contributed by atoms with Gasteiger partial charge in [-0.15, -0.1) is 6.42 Å². The fourth-order valence-corrected chi connectivity index (χ4v) is 4.91. The van der Waals surface area contributed by atoms with E-state index in [4.69, 9.17) is 6.42 Å². The fraction of sp³-hybridized carbons (Fsp3) is 0.667. The van der Waals surface area contributed by atoms with Crippen molar-refractivity contribution < 1.29 is 9.59 Å². The van der Waals surface area contributed by atoms with E-state index < -0.39 is 0 Å². The molecule has 0 aromatic rings. The van der Waals surface area contributed by atoms with Crippen molar-refractivity contribution in [2.45, 2.75) is 52.4 Å². The van der Waals surface area contributed by atoms with Gasteiger partial charge in [-0.05, 0) is 48.7 Å². The molecule has 106 valence electrons. The van der Waals surface area contributed by atoms with Crippen LogP contribution in [0.4, 0.5) is 0 Å². The van der Waals surface area contributed by atoms with Crippen molar-refractivity contribution >= 4 is 11.6 Å². The molecule has 0 aliphatic heterocycles. The Morgan fingerprint density at radius 3 is 2.70 bits per heavy atom. The van der Waals surface area contributed by atoms with E-state index in [1.54, 1.807) is 0 Å². The van der Waals surface area contributed by atoms with Crippen molar-refractivity contribution in [3.8, 4) is 12.3 Å². The number of hydrogen-bond donors (Lipinski definition) is 0. The van der Waals surface area contributed by atoms with Gasteiger partial charge >= 0.3 is 0 Å². The molecule has 0 amide bonds. The maximum Gasteiger partial charge on any atom is 0.155 e. The van der Waals surface area contributed by atoms with Crippen LogP contribution in [-0.2, 0) is 9.59 Å². The maximum atomic E-state index is 12.0. The predicted molar refractivity (Wildman–Crippen MR) is 77.8 cm³/mol.